The third-order valence-electron chi connectivity index (χ3n) is 2.09. The van der Waals surface area contributed by atoms with Gasteiger partial charge in [-0.1, -0.05) is 21.8 Å². The minimum atomic E-state index is -0.481. The maximum atomic E-state index is 9.54. The lowest BCUT2D eigenvalue weighted by Gasteiger charge is -2.16. The molecule has 0 amide bonds. The molecule has 0 aromatic rings. The van der Waals surface area contributed by atoms with E-state index in [1.807, 2.05) is 6.92 Å². The van der Waals surface area contributed by atoms with E-state index in [-0.39, 0.29) is 21.0 Å². The highest BCUT2D eigenvalue weighted by atomic mass is 16.5. The summed E-state index contributed by atoms with van der Waals surface area (Å²) in [5.41, 5.74) is 0. The average Bonchev–Trinajstić information content (AvgIpc) is 2.27. The van der Waals surface area contributed by atoms with Crippen molar-refractivity contribution in [2.75, 3.05) is 32.9 Å². The molecule has 0 saturated heterocycles. The summed E-state index contributed by atoms with van der Waals surface area (Å²) < 4.78 is 10.6. The lowest BCUT2D eigenvalue weighted by molar-refractivity contribution is -0.0509. The Morgan fingerprint density at radius 3 is 2.21 bits per heavy atom. The molecule has 3 unspecified atom stereocenters. The Kier molecular flexibility index (Phi) is 19.9. The van der Waals surface area contributed by atoms with Gasteiger partial charge >= 0.3 is 0 Å². The highest BCUT2D eigenvalue weighted by molar-refractivity contribution is 4.58. The molecule has 0 radical (unpaired) electrons. The fourth-order valence-electron chi connectivity index (χ4n) is 1.23. The maximum absolute atomic E-state index is 9.54. The Hall–Kier alpha value is -0.200. The molecule has 5 nitrogen and oxygen atoms in total. The summed E-state index contributed by atoms with van der Waals surface area (Å²) in [7, 11) is 0. The topological polar surface area (TPSA) is 71.0 Å². The van der Waals surface area contributed by atoms with Crippen molar-refractivity contribution >= 4 is 0 Å². The van der Waals surface area contributed by atoms with Crippen molar-refractivity contribution in [2.24, 2.45) is 0 Å². The van der Waals surface area contributed by atoms with Crippen LogP contribution in [-0.2, 0) is 9.47 Å². The van der Waals surface area contributed by atoms with Crippen molar-refractivity contribution in [2.45, 2.75) is 60.4 Å². The van der Waals surface area contributed by atoms with Gasteiger partial charge < -0.3 is 25.0 Å². The standard InChI is InChI=1S/C12H27NO4.2CH4/c1-4-5-13-6-12(15)9-16-8-11(3)17-7-10(2)14;;/h10-15H,4-9H2,1-3H3;2*1H4. The molecule has 0 heterocycles. The zero-order valence-corrected chi connectivity index (χ0v) is 11.2. The van der Waals surface area contributed by atoms with Crippen LogP contribution in [0, 0.1) is 0 Å². The van der Waals surface area contributed by atoms with E-state index in [2.05, 4.69) is 12.2 Å². The molecule has 0 spiro atoms. The summed E-state index contributed by atoms with van der Waals surface area (Å²) in [5.74, 6) is 0. The predicted octanol–water partition coefficient (Wildman–Crippen LogP) is 1.42. The fourth-order valence-corrected chi connectivity index (χ4v) is 1.23. The van der Waals surface area contributed by atoms with Gasteiger partial charge in [-0.25, -0.2) is 0 Å². The third kappa shape index (κ3) is 17.8. The SMILES string of the molecule is C.C.CCCNCC(O)COCC(C)OCC(C)O. The molecule has 5 heteroatoms. The smallest absolute Gasteiger partial charge is 0.0897 e. The fraction of sp³-hybridized carbons (Fsp3) is 1.00. The second kappa shape index (κ2) is 15.9. The maximum Gasteiger partial charge on any atom is 0.0897 e. The van der Waals surface area contributed by atoms with E-state index < -0.39 is 12.2 Å². The quantitative estimate of drug-likeness (QED) is 0.500. The second-order valence-corrected chi connectivity index (χ2v) is 4.39. The molecule has 0 aliphatic carbocycles. The molecule has 0 aliphatic heterocycles. The molecule has 0 rings (SSSR count). The first-order valence-corrected chi connectivity index (χ1v) is 6.32. The summed E-state index contributed by atoms with van der Waals surface area (Å²) in [6.07, 6.45) is 0.0461. The second-order valence-electron chi connectivity index (χ2n) is 4.39. The van der Waals surface area contributed by atoms with Crippen LogP contribution in [0.2, 0.25) is 0 Å². The van der Waals surface area contributed by atoms with E-state index in [1.54, 1.807) is 6.92 Å². The highest BCUT2D eigenvalue weighted by Crippen LogP contribution is 1.95. The number of aliphatic hydroxyl groups excluding tert-OH is 2. The molecular formula is C14H35NO4. The number of hydrogen-bond acceptors (Lipinski definition) is 5. The van der Waals surface area contributed by atoms with Gasteiger partial charge in [0.05, 0.1) is 38.1 Å². The molecule has 3 N–H and O–H groups in total. The zero-order valence-electron chi connectivity index (χ0n) is 11.2. The van der Waals surface area contributed by atoms with E-state index in [0.717, 1.165) is 13.0 Å². The van der Waals surface area contributed by atoms with Crippen LogP contribution in [0.3, 0.4) is 0 Å². The van der Waals surface area contributed by atoms with E-state index >= 15 is 0 Å². The zero-order chi connectivity index (χ0) is 13.1. The largest absolute Gasteiger partial charge is 0.391 e. The Balaban J connectivity index is -0.00000128. The minimum Gasteiger partial charge on any atom is -0.391 e. The molecular weight excluding hydrogens is 246 g/mol. The molecule has 120 valence electrons. The van der Waals surface area contributed by atoms with Crippen molar-refractivity contribution in [3.05, 3.63) is 0 Å². The Morgan fingerprint density at radius 2 is 1.68 bits per heavy atom. The number of rotatable bonds is 11. The lowest BCUT2D eigenvalue weighted by atomic mass is 10.3. The van der Waals surface area contributed by atoms with E-state index in [1.165, 1.54) is 0 Å². The molecule has 0 aromatic carbocycles. The van der Waals surface area contributed by atoms with Crippen LogP contribution in [0.25, 0.3) is 0 Å². The van der Waals surface area contributed by atoms with Crippen molar-refractivity contribution in [3.63, 3.8) is 0 Å². The van der Waals surface area contributed by atoms with Crippen molar-refractivity contribution in [1.82, 2.24) is 5.32 Å². The number of nitrogens with one attached hydrogen (secondary N) is 1. The summed E-state index contributed by atoms with van der Waals surface area (Å²) >= 11 is 0. The van der Waals surface area contributed by atoms with Crippen LogP contribution < -0.4 is 5.32 Å². The minimum absolute atomic E-state index is 0. The van der Waals surface area contributed by atoms with E-state index in [9.17, 15) is 5.11 Å². The van der Waals surface area contributed by atoms with Crippen LogP contribution in [0.1, 0.15) is 42.0 Å². The normalized spacial score (nSPS) is 15.0. The number of hydrogen-bond donors (Lipinski definition) is 3. The first kappa shape index (κ1) is 23.9. The van der Waals surface area contributed by atoms with Crippen LogP contribution in [0.4, 0.5) is 0 Å². The monoisotopic (exact) mass is 281 g/mol. The van der Waals surface area contributed by atoms with Gasteiger partial charge in [0.1, 0.15) is 0 Å². The molecule has 0 saturated carbocycles. The van der Waals surface area contributed by atoms with Crippen LogP contribution in [0.5, 0.6) is 0 Å². The van der Waals surface area contributed by atoms with Crippen LogP contribution >= 0.6 is 0 Å². The van der Waals surface area contributed by atoms with Crippen molar-refractivity contribution < 1.29 is 19.7 Å². The average molecular weight is 281 g/mol. The molecule has 0 aromatic heterocycles. The molecule has 0 fully saturated rings. The van der Waals surface area contributed by atoms with Gasteiger partial charge in [0.25, 0.3) is 0 Å². The van der Waals surface area contributed by atoms with Gasteiger partial charge in [-0.3, -0.25) is 0 Å². The first-order chi connectivity index (χ1) is 8.06. The summed E-state index contributed by atoms with van der Waals surface area (Å²) in [6, 6.07) is 0. The lowest BCUT2D eigenvalue weighted by Crippen LogP contribution is -2.32. The van der Waals surface area contributed by atoms with E-state index in [0.29, 0.717) is 26.4 Å². The summed E-state index contributed by atoms with van der Waals surface area (Å²) in [6.45, 7) is 8.14. The molecule has 0 bridgehead atoms. The number of ether oxygens (including phenoxy) is 2. The van der Waals surface area contributed by atoms with Crippen LogP contribution in [0.15, 0.2) is 0 Å². The molecule has 0 aliphatic rings. The van der Waals surface area contributed by atoms with Gasteiger partial charge in [-0.15, -0.1) is 0 Å². The van der Waals surface area contributed by atoms with E-state index in [4.69, 9.17) is 14.6 Å². The first-order valence-electron chi connectivity index (χ1n) is 6.32. The van der Waals surface area contributed by atoms with Crippen molar-refractivity contribution in [1.29, 1.82) is 0 Å². The number of aliphatic hydroxyl groups is 2. The van der Waals surface area contributed by atoms with Gasteiger partial charge in [0.15, 0.2) is 0 Å². The van der Waals surface area contributed by atoms with Gasteiger partial charge in [0, 0.05) is 6.54 Å². The predicted molar refractivity (Wildman–Crippen MR) is 80.5 cm³/mol. The molecule has 3 atom stereocenters. The Morgan fingerprint density at radius 1 is 1.05 bits per heavy atom. The molecule has 19 heavy (non-hydrogen) atoms. The summed E-state index contributed by atoms with van der Waals surface area (Å²) in [4.78, 5) is 0. The van der Waals surface area contributed by atoms with Gasteiger partial charge in [0.2, 0.25) is 0 Å². The van der Waals surface area contributed by atoms with Gasteiger partial charge in [-0.05, 0) is 26.8 Å². The Labute approximate surface area is 119 Å². The third-order valence-corrected chi connectivity index (χ3v) is 2.09. The van der Waals surface area contributed by atoms with Crippen LogP contribution in [-0.4, -0.2) is 61.4 Å². The summed E-state index contributed by atoms with van der Waals surface area (Å²) in [5, 5.41) is 21.7. The van der Waals surface area contributed by atoms with Crippen molar-refractivity contribution in [3.8, 4) is 0 Å². The van der Waals surface area contributed by atoms with Gasteiger partial charge in [-0.2, -0.15) is 0 Å². The Bertz CT molecular complexity index is 168. The highest BCUT2D eigenvalue weighted by Gasteiger charge is 2.07.